The molecule has 44 heavy (non-hydrogen) atoms. The van der Waals surface area contributed by atoms with Gasteiger partial charge in [0.05, 0.1) is 34.9 Å². The summed E-state index contributed by atoms with van der Waals surface area (Å²) in [6.45, 7) is 4.52. The van der Waals surface area contributed by atoms with E-state index in [-0.39, 0.29) is 53.6 Å². The van der Waals surface area contributed by atoms with Gasteiger partial charge in [-0.15, -0.1) is 0 Å². The van der Waals surface area contributed by atoms with Crippen LogP contribution in [0.4, 0.5) is 0 Å². The quantitative estimate of drug-likeness (QED) is 0.268. The largest absolute Gasteiger partial charge is 0.458 e. The van der Waals surface area contributed by atoms with E-state index in [4.69, 9.17) is 23.7 Å². The maximum absolute atomic E-state index is 13.2. The van der Waals surface area contributed by atoms with Gasteiger partial charge >= 0.3 is 5.97 Å². The fourth-order valence-corrected chi connectivity index (χ4v) is 11.9. The maximum Gasteiger partial charge on any atom is 0.331 e. The molecule has 8 aliphatic rings. The standard InChI is InChI=1S/C35H50O9/c1-21-30-27(43-34(44-30)10-4-3-5-11-34)17-29(41-21)42-23-6-13-32(20-36)25-7-12-31(2)24(22-16-28(37)40-19-22)9-15-35(31,39)26(25)8-14-33(32,38)18-23/h16,20-21,23-27,29-30,38-39H,3-15,17-19H2,1-2H3/t21-,23-,24+,25-,26+,27+,29-,30-,31+,32-,33-,35-/m0/s1. The Morgan fingerprint density at radius 1 is 0.955 bits per heavy atom. The zero-order valence-electron chi connectivity index (χ0n) is 26.3. The summed E-state index contributed by atoms with van der Waals surface area (Å²) >= 11 is 0. The van der Waals surface area contributed by atoms with Crippen molar-refractivity contribution in [2.75, 3.05) is 6.61 Å². The second-order valence-corrected chi connectivity index (χ2v) is 16.0. The third-order valence-corrected chi connectivity index (χ3v) is 14.1. The first kappa shape index (κ1) is 30.0. The molecule has 0 aromatic heterocycles. The lowest BCUT2D eigenvalue weighted by atomic mass is 9.41. The number of ether oxygens (including phenoxy) is 5. The highest BCUT2D eigenvalue weighted by molar-refractivity contribution is 5.85. The second kappa shape index (κ2) is 10.3. The Morgan fingerprint density at radius 3 is 2.50 bits per heavy atom. The molecular formula is C35H50O9. The Hall–Kier alpha value is -1.36. The molecule has 0 unspecified atom stereocenters. The van der Waals surface area contributed by atoms with Crippen molar-refractivity contribution in [1.29, 1.82) is 0 Å². The van der Waals surface area contributed by atoms with Crippen molar-refractivity contribution in [2.24, 2.45) is 28.6 Å². The number of fused-ring (bicyclic) bond motifs is 6. The Kier molecular flexibility index (Phi) is 7.04. The lowest BCUT2D eigenvalue weighted by Crippen LogP contribution is -2.69. The zero-order chi connectivity index (χ0) is 30.5. The second-order valence-electron chi connectivity index (χ2n) is 16.0. The van der Waals surface area contributed by atoms with Crippen LogP contribution in [0.1, 0.15) is 110 Å². The molecule has 9 heteroatoms. The van der Waals surface area contributed by atoms with Gasteiger partial charge in [0.15, 0.2) is 12.1 Å². The van der Waals surface area contributed by atoms with Gasteiger partial charge in [0.25, 0.3) is 0 Å². The third-order valence-electron chi connectivity index (χ3n) is 14.1. The normalized spacial score (nSPS) is 52.8. The number of cyclic esters (lactones) is 1. The van der Waals surface area contributed by atoms with E-state index < -0.39 is 28.7 Å². The average molecular weight is 615 g/mol. The maximum atomic E-state index is 13.2. The summed E-state index contributed by atoms with van der Waals surface area (Å²) in [7, 11) is 0. The Morgan fingerprint density at radius 2 is 1.75 bits per heavy atom. The number of aliphatic hydroxyl groups is 2. The van der Waals surface area contributed by atoms with Crippen molar-refractivity contribution in [3.8, 4) is 0 Å². The van der Waals surface area contributed by atoms with Gasteiger partial charge in [0.2, 0.25) is 0 Å². The fraction of sp³-hybridized carbons (Fsp3) is 0.886. The predicted octanol–water partition coefficient (Wildman–Crippen LogP) is 4.50. The van der Waals surface area contributed by atoms with Gasteiger partial charge in [0.1, 0.15) is 19.0 Å². The lowest BCUT2D eigenvalue weighted by Gasteiger charge is -2.65. The fourth-order valence-electron chi connectivity index (χ4n) is 11.9. The molecule has 244 valence electrons. The molecular weight excluding hydrogens is 564 g/mol. The minimum absolute atomic E-state index is 0.0600. The van der Waals surface area contributed by atoms with Gasteiger partial charge in [-0.25, -0.2) is 4.79 Å². The molecule has 1 spiro atoms. The molecule has 2 N–H and O–H groups in total. The van der Waals surface area contributed by atoms with E-state index in [1.54, 1.807) is 6.08 Å². The van der Waals surface area contributed by atoms with Crippen LogP contribution in [0.3, 0.4) is 0 Å². The first-order valence-electron chi connectivity index (χ1n) is 17.5. The van der Waals surface area contributed by atoms with Gasteiger partial charge in [0, 0.05) is 37.2 Å². The molecule has 3 heterocycles. The van der Waals surface area contributed by atoms with Crippen molar-refractivity contribution in [1.82, 2.24) is 0 Å². The van der Waals surface area contributed by atoms with Crippen LogP contribution in [0.15, 0.2) is 11.6 Å². The number of aldehydes is 1. The molecule has 5 saturated carbocycles. The van der Waals surface area contributed by atoms with Crippen LogP contribution in [0.25, 0.3) is 0 Å². The van der Waals surface area contributed by atoms with E-state index in [0.717, 1.165) is 56.8 Å². The molecule has 0 aromatic rings. The number of hydrogen-bond donors (Lipinski definition) is 2. The van der Waals surface area contributed by atoms with Gasteiger partial charge in [-0.05, 0) is 94.5 Å². The van der Waals surface area contributed by atoms with Crippen molar-refractivity contribution in [3.05, 3.63) is 11.6 Å². The number of esters is 1. The minimum atomic E-state index is -1.18. The van der Waals surface area contributed by atoms with E-state index in [9.17, 15) is 19.8 Å². The van der Waals surface area contributed by atoms with E-state index in [1.807, 2.05) is 6.92 Å². The molecule has 0 bridgehead atoms. The molecule has 12 atom stereocenters. The van der Waals surface area contributed by atoms with Crippen LogP contribution >= 0.6 is 0 Å². The van der Waals surface area contributed by atoms with Crippen molar-refractivity contribution < 1.29 is 43.5 Å². The number of carbonyl (C=O) groups excluding carboxylic acids is 2. The monoisotopic (exact) mass is 614 g/mol. The minimum Gasteiger partial charge on any atom is -0.458 e. The molecule has 0 radical (unpaired) electrons. The van der Waals surface area contributed by atoms with Crippen LogP contribution in [-0.4, -0.2) is 76.8 Å². The number of rotatable bonds is 4. The summed E-state index contributed by atoms with van der Waals surface area (Å²) in [6.07, 6.45) is 13.4. The van der Waals surface area contributed by atoms with E-state index >= 15 is 0 Å². The first-order valence-corrected chi connectivity index (χ1v) is 17.5. The summed E-state index contributed by atoms with van der Waals surface area (Å²) in [5.74, 6) is -0.828. The van der Waals surface area contributed by atoms with Gasteiger partial charge in [-0.3, -0.25) is 0 Å². The van der Waals surface area contributed by atoms with Crippen molar-refractivity contribution in [2.45, 2.75) is 158 Å². The highest BCUT2D eigenvalue weighted by Gasteiger charge is 2.71. The predicted molar refractivity (Wildman–Crippen MR) is 157 cm³/mol. The van der Waals surface area contributed by atoms with Crippen LogP contribution in [0, 0.1) is 28.6 Å². The van der Waals surface area contributed by atoms with Crippen LogP contribution in [0.5, 0.6) is 0 Å². The highest BCUT2D eigenvalue weighted by atomic mass is 16.8. The van der Waals surface area contributed by atoms with Gasteiger partial charge in [-0.2, -0.15) is 0 Å². The SMILES string of the molecule is C[C@@H]1O[C@@H](O[C@H]2CC[C@]3(C=O)[C@H]4CC[C@]5(C)[C@@H](C6=CC(=O)OC6)CC[C@]5(O)[C@@H]4CC[C@]3(O)C2)C[C@H]2OC3(CCCCC3)O[C@@H]12. The Balaban J connectivity index is 0.971. The third kappa shape index (κ3) is 4.18. The van der Waals surface area contributed by atoms with Crippen LogP contribution in [-0.2, 0) is 33.3 Å². The van der Waals surface area contributed by atoms with E-state index in [1.165, 1.54) is 6.42 Å². The number of carbonyl (C=O) groups is 2. The summed E-state index contributed by atoms with van der Waals surface area (Å²) in [5.41, 5.74) is -2.42. The Labute approximate surface area is 260 Å². The zero-order valence-corrected chi connectivity index (χ0v) is 26.3. The van der Waals surface area contributed by atoms with Gasteiger partial charge < -0.3 is 38.7 Å². The average Bonchev–Trinajstić information content (AvgIpc) is 3.66. The van der Waals surface area contributed by atoms with Crippen LogP contribution in [0.2, 0.25) is 0 Å². The molecule has 0 amide bonds. The van der Waals surface area contributed by atoms with E-state index in [2.05, 4.69) is 6.92 Å². The topological polar surface area (TPSA) is 121 Å². The summed E-state index contributed by atoms with van der Waals surface area (Å²) in [5, 5.41) is 24.8. The van der Waals surface area contributed by atoms with Crippen molar-refractivity contribution in [3.63, 3.8) is 0 Å². The molecule has 3 aliphatic heterocycles. The van der Waals surface area contributed by atoms with Crippen molar-refractivity contribution >= 4 is 12.3 Å². The molecule has 2 saturated heterocycles. The smallest absolute Gasteiger partial charge is 0.331 e. The molecule has 7 fully saturated rings. The Bertz CT molecular complexity index is 1210. The lowest BCUT2D eigenvalue weighted by molar-refractivity contribution is -0.278. The van der Waals surface area contributed by atoms with Crippen LogP contribution < -0.4 is 0 Å². The van der Waals surface area contributed by atoms with E-state index in [0.29, 0.717) is 51.6 Å². The first-order chi connectivity index (χ1) is 21.0. The number of hydrogen-bond acceptors (Lipinski definition) is 9. The molecule has 9 nitrogen and oxygen atoms in total. The molecule has 0 aromatic carbocycles. The highest BCUT2D eigenvalue weighted by Crippen LogP contribution is 2.70. The summed E-state index contributed by atoms with van der Waals surface area (Å²) in [4.78, 5) is 25.1. The summed E-state index contributed by atoms with van der Waals surface area (Å²) < 4.78 is 31.2. The molecule has 5 aliphatic carbocycles. The molecule has 8 rings (SSSR count). The van der Waals surface area contributed by atoms with Gasteiger partial charge in [-0.1, -0.05) is 13.3 Å². The summed E-state index contributed by atoms with van der Waals surface area (Å²) in [6, 6.07) is 0.